The second-order valence-corrected chi connectivity index (χ2v) is 9.14. The minimum absolute atomic E-state index is 0.221. The highest BCUT2D eigenvalue weighted by atomic mass is 35.5. The Labute approximate surface area is 133 Å². The topological polar surface area (TPSA) is 64.6 Å². The van der Waals surface area contributed by atoms with E-state index in [2.05, 4.69) is 4.72 Å². The number of sulfonamides is 1. The van der Waals surface area contributed by atoms with Gasteiger partial charge in [0.05, 0.1) is 17.0 Å². The van der Waals surface area contributed by atoms with E-state index in [9.17, 15) is 8.42 Å². The third-order valence-electron chi connectivity index (χ3n) is 3.84. The average Bonchev–Trinajstić information content (AvgIpc) is 3.06. The summed E-state index contributed by atoms with van der Waals surface area (Å²) < 4.78 is 39.2. The molecule has 3 rings (SSSR count). The van der Waals surface area contributed by atoms with Crippen molar-refractivity contribution in [2.45, 2.75) is 48.2 Å². The molecular formula is C13H18ClNO4S2. The van der Waals surface area contributed by atoms with Gasteiger partial charge in [0.1, 0.15) is 4.21 Å². The van der Waals surface area contributed by atoms with Crippen LogP contribution in [0.4, 0.5) is 0 Å². The molecule has 1 aliphatic heterocycles. The van der Waals surface area contributed by atoms with Gasteiger partial charge in [-0.15, -0.1) is 11.3 Å². The molecule has 0 amide bonds. The summed E-state index contributed by atoms with van der Waals surface area (Å²) in [6.07, 6.45) is 4.99. The van der Waals surface area contributed by atoms with Gasteiger partial charge in [-0.3, -0.25) is 0 Å². The Bertz CT molecular complexity index is 595. The highest BCUT2D eigenvalue weighted by Crippen LogP contribution is 2.37. The van der Waals surface area contributed by atoms with E-state index in [0.29, 0.717) is 10.9 Å². The van der Waals surface area contributed by atoms with Crippen LogP contribution in [-0.4, -0.2) is 33.5 Å². The second-order valence-electron chi connectivity index (χ2n) is 5.43. The molecule has 1 aromatic heterocycles. The summed E-state index contributed by atoms with van der Waals surface area (Å²) >= 11 is 6.81. The minimum Gasteiger partial charge on any atom is -0.347 e. The lowest BCUT2D eigenvalue weighted by atomic mass is 9.94. The predicted octanol–water partition coefficient (Wildman–Crippen LogP) is 2.76. The number of hydrogen-bond acceptors (Lipinski definition) is 5. The molecule has 1 unspecified atom stereocenters. The van der Waals surface area contributed by atoms with E-state index in [1.807, 2.05) is 0 Å². The van der Waals surface area contributed by atoms with Gasteiger partial charge >= 0.3 is 0 Å². The van der Waals surface area contributed by atoms with Crippen LogP contribution in [0.5, 0.6) is 0 Å². The molecule has 0 aromatic carbocycles. The number of rotatable bonds is 4. The van der Waals surface area contributed by atoms with E-state index in [-0.39, 0.29) is 16.9 Å². The maximum absolute atomic E-state index is 12.1. The molecule has 2 aliphatic rings. The van der Waals surface area contributed by atoms with Crippen LogP contribution in [-0.2, 0) is 19.5 Å². The monoisotopic (exact) mass is 351 g/mol. The maximum Gasteiger partial charge on any atom is 0.250 e. The second kappa shape index (κ2) is 6.14. The Kier molecular flexibility index (Phi) is 4.59. The zero-order valence-electron chi connectivity index (χ0n) is 11.5. The Morgan fingerprint density at radius 1 is 1.33 bits per heavy atom. The number of hydrogen-bond donors (Lipinski definition) is 1. The van der Waals surface area contributed by atoms with E-state index in [4.69, 9.17) is 21.1 Å². The van der Waals surface area contributed by atoms with Crippen molar-refractivity contribution in [2.75, 3.05) is 13.2 Å². The first kappa shape index (κ1) is 15.7. The minimum atomic E-state index is -3.52. The van der Waals surface area contributed by atoms with Crippen LogP contribution in [0.3, 0.4) is 0 Å². The lowest BCUT2D eigenvalue weighted by Gasteiger charge is -2.31. The van der Waals surface area contributed by atoms with Crippen molar-refractivity contribution < 1.29 is 17.9 Å². The van der Waals surface area contributed by atoms with Gasteiger partial charge in [-0.2, -0.15) is 0 Å². The number of halogens is 1. The Morgan fingerprint density at radius 2 is 2.10 bits per heavy atom. The highest BCUT2D eigenvalue weighted by Gasteiger charge is 2.42. The van der Waals surface area contributed by atoms with Crippen molar-refractivity contribution in [1.29, 1.82) is 0 Å². The van der Waals surface area contributed by atoms with Crippen LogP contribution in [0, 0.1) is 0 Å². The molecule has 1 atom stereocenters. The molecular weight excluding hydrogens is 334 g/mol. The van der Waals surface area contributed by atoms with Gasteiger partial charge in [0.2, 0.25) is 10.0 Å². The lowest BCUT2D eigenvalue weighted by Crippen LogP contribution is -2.37. The normalized spacial score (nSPS) is 25.5. The molecule has 1 spiro atoms. The Balaban J connectivity index is 1.56. The van der Waals surface area contributed by atoms with Gasteiger partial charge in [-0.1, -0.05) is 18.0 Å². The average molecular weight is 352 g/mol. The van der Waals surface area contributed by atoms with Gasteiger partial charge in [-0.05, 0) is 25.0 Å². The van der Waals surface area contributed by atoms with Crippen LogP contribution in [0.1, 0.15) is 32.1 Å². The van der Waals surface area contributed by atoms with E-state index < -0.39 is 15.8 Å². The fourth-order valence-corrected chi connectivity index (χ4v) is 5.38. The largest absolute Gasteiger partial charge is 0.347 e. The molecule has 0 bridgehead atoms. The van der Waals surface area contributed by atoms with Gasteiger partial charge in [0.15, 0.2) is 5.79 Å². The summed E-state index contributed by atoms with van der Waals surface area (Å²) in [7, 11) is -3.52. The summed E-state index contributed by atoms with van der Waals surface area (Å²) in [4.78, 5) is 0. The standard InChI is InChI=1S/C13H18ClNO4S2/c14-11-4-5-12(20-11)21(16,17)15-8-10-9-18-13(19-10)6-2-1-3-7-13/h4-5,10,15H,1-3,6-9H2. The molecule has 0 radical (unpaired) electrons. The molecule has 21 heavy (non-hydrogen) atoms. The molecule has 5 nitrogen and oxygen atoms in total. The van der Waals surface area contributed by atoms with Gasteiger partial charge in [0, 0.05) is 19.4 Å². The van der Waals surface area contributed by atoms with E-state index in [1.165, 1.54) is 12.5 Å². The number of thiophene rings is 1. The van der Waals surface area contributed by atoms with E-state index >= 15 is 0 Å². The maximum atomic E-state index is 12.1. The summed E-state index contributed by atoms with van der Waals surface area (Å²) in [6, 6.07) is 3.08. The lowest BCUT2D eigenvalue weighted by molar-refractivity contribution is -0.186. The van der Waals surface area contributed by atoms with Crippen molar-refractivity contribution >= 4 is 33.0 Å². The zero-order chi connectivity index (χ0) is 14.9. The first-order chi connectivity index (χ1) is 9.99. The SMILES string of the molecule is O=S(=O)(NCC1COC2(CCCCC2)O1)c1ccc(Cl)s1. The molecule has 118 valence electrons. The van der Waals surface area contributed by atoms with Crippen LogP contribution >= 0.6 is 22.9 Å². The molecule has 1 saturated carbocycles. The van der Waals surface area contributed by atoms with Gasteiger partial charge in [-0.25, -0.2) is 13.1 Å². The third-order valence-corrected chi connectivity index (χ3v) is 6.99. The van der Waals surface area contributed by atoms with Gasteiger partial charge < -0.3 is 9.47 Å². The van der Waals surface area contributed by atoms with Crippen molar-refractivity contribution in [3.05, 3.63) is 16.5 Å². The zero-order valence-corrected chi connectivity index (χ0v) is 13.9. The van der Waals surface area contributed by atoms with Crippen LogP contribution in [0.15, 0.2) is 16.3 Å². The molecule has 2 fully saturated rings. The summed E-state index contributed by atoms with van der Waals surface area (Å²) in [5.41, 5.74) is 0. The molecule has 1 aromatic rings. The molecule has 1 saturated heterocycles. The van der Waals surface area contributed by atoms with Crippen molar-refractivity contribution in [3.63, 3.8) is 0 Å². The van der Waals surface area contributed by atoms with Crippen LogP contribution in [0.25, 0.3) is 0 Å². The Hall–Kier alpha value is -0.180. The molecule has 1 N–H and O–H groups in total. The van der Waals surface area contributed by atoms with E-state index in [0.717, 1.165) is 37.0 Å². The first-order valence-corrected chi connectivity index (χ1v) is 9.74. The first-order valence-electron chi connectivity index (χ1n) is 7.06. The summed E-state index contributed by atoms with van der Waals surface area (Å²) in [5, 5.41) is 0. The summed E-state index contributed by atoms with van der Waals surface area (Å²) in [6.45, 7) is 0.660. The van der Waals surface area contributed by atoms with E-state index in [1.54, 1.807) is 6.07 Å². The molecule has 1 aliphatic carbocycles. The smallest absolute Gasteiger partial charge is 0.250 e. The molecule has 2 heterocycles. The quantitative estimate of drug-likeness (QED) is 0.905. The van der Waals surface area contributed by atoms with Crippen molar-refractivity contribution in [2.24, 2.45) is 0 Å². The number of ether oxygens (including phenoxy) is 2. The van der Waals surface area contributed by atoms with Gasteiger partial charge in [0.25, 0.3) is 0 Å². The van der Waals surface area contributed by atoms with Crippen molar-refractivity contribution in [1.82, 2.24) is 4.72 Å². The van der Waals surface area contributed by atoms with Crippen molar-refractivity contribution in [3.8, 4) is 0 Å². The fraction of sp³-hybridized carbons (Fsp3) is 0.692. The molecule has 8 heteroatoms. The fourth-order valence-electron chi connectivity index (χ4n) is 2.79. The Morgan fingerprint density at radius 3 is 2.76 bits per heavy atom. The van der Waals surface area contributed by atoms with Crippen LogP contribution < -0.4 is 4.72 Å². The summed E-state index contributed by atoms with van der Waals surface area (Å²) in [5.74, 6) is -0.472. The number of nitrogens with one attached hydrogen (secondary N) is 1. The predicted molar refractivity (Wildman–Crippen MR) is 81.2 cm³/mol. The van der Waals surface area contributed by atoms with Crippen LogP contribution in [0.2, 0.25) is 4.34 Å². The third kappa shape index (κ3) is 3.60. The highest BCUT2D eigenvalue weighted by molar-refractivity contribution is 7.91.